The van der Waals surface area contributed by atoms with Crippen LogP contribution < -0.4 is 10.6 Å². The molecule has 1 atom stereocenters. The number of hydrogen-bond acceptors (Lipinski definition) is 4. The zero-order valence-corrected chi connectivity index (χ0v) is 15.0. The van der Waals surface area contributed by atoms with Gasteiger partial charge in [0.15, 0.2) is 0 Å². The fourth-order valence-corrected chi connectivity index (χ4v) is 2.26. The molecule has 2 N–H and O–H groups in total. The minimum absolute atomic E-state index is 0.0836. The van der Waals surface area contributed by atoms with Gasteiger partial charge in [-0.1, -0.05) is 19.1 Å². The fraction of sp³-hybridized carbons (Fsp3) is 0.250. The van der Waals surface area contributed by atoms with Gasteiger partial charge in [0.05, 0.1) is 18.4 Å². The summed E-state index contributed by atoms with van der Waals surface area (Å²) in [5, 5.41) is 5.56. The molecule has 2 amide bonds. The van der Waals surface area contributed by atoms with Crippen LogP contribution in [0.2, 0.25) is 0 Å². The van der Waals surface area contributed by atoms with Gasteiger partial charge in [0, 0.05) is 17.2 Å². The summed E-state index contributed by atoms with van der Waals surface area (Å²) in [4.78, 5) is 36.3. The molecule has 0 saturated heterocycles. The number of methoxy groups -OCH3 is 1. The van der Waals surface area contributed by atoms with Crippen LogP contribution in [-0.2, 0) is 4.74 Å². The van der Waals surface area contributed by atoms with Crippen molar-refractivity contribution in [1.29, 1.82) is 0 Å². The molecule has 0 saturated carbocycles. The third-order valence-electron chi connectivity index (χ3n) is 3.98. The van der Waals surface area contributed by atoms with Gasteiger partial charge in [0.25, 0.3) is 11.8 Å². The number of carbonyl (C=O) groups is 3. The topological polar surface area (TPSA) is 84.5 Å². The van der Waals surface area contributed by atoms with Crippen LogP contribution in [-0.4, -0.2) is 30.9 Å². The minimum atomic E-state index is -0.530. The first-order valence-corrected chi connectivity index (χ1v) is 8.35. The van der Waals surface area contributed by atoms with E-state index in [1.54, 1.807) is 48.5 Å². The van der Waals surface area contributed by atoms with E-state index in [-0.39, 0.29) is 23.4 Å². The van der Waals surface area contributed by atoms with Crippen molar-refractivity contribution in [2.24, 2.45) is 0 Å². The molecule has 0 aliphatic rings. The van der Waals surface area contributed by atoms with Crippen molar-refractivity contribution >= 4 is 23.5 Å². The number of benzene rings is 2. The van der Waals surface area contributed by atoms with Crippen LogP contribution in [0.1, 0.15) is 51.3 Å². The molecule has 0 aliphatic heterocycles. The van der Waals surface area contributed by atoms with E-state index in [1.807, 2.05) is 13.8 Å². The molecule has 6 nitrogen and oxygen atoms in total. The monoisotopic (exact) mass is 354 g/mol. The number of hydrogen-bond donors (Lipinski definition) is 2. The summed E-state index contributed by atoms with van der Waals surface area (Å²) in [7, 11) is 1.28. The van der Waals surface area contributed by atoms with E-state index in [4.69, 9.17) is 4.74 Å². The Morgan fingerprint density at radius 3 is 2.12 bits per heavy atom. The van der Waals surface area contributed by atoms with Crippen LogP contribution in [0.15, 0.2) is 48.5 Å². The van der Waals surface area contributed by atoms with Crippen LogP contribution in [0.25, 0.3) is 0 Å². The number of para-hydroxylation sites is 1. The first-order chi connectivity index (χ1) is 12.5. The SMILES string of the molecule is CCC(C)NC(=O)c1ccc(C(=O)Nc2ccccc2C(=O)OC)cc1. The van der Waals surface area contributed by atoms with Gasteiger partial charge in [-0.25, -0.2) is 4.79 Å². The lowest BCUT2D eigenvalue weighted by atomic mass is 10.1. The van der Waals surface area contributed by atoms with Gasteiger partial charge in [-0.15, -0.1) is 0 Å². The van der Waals surface area contributed by atoms with E-state index in [1.165, 1.54) is 7.11 Å². The summed E-state index contributed by atoms with van der Waals surface area (Å²) in [5.41, 5.74) is 1.50. The molecule has 0 aliphatic carbocycles. The Morgan fingerprint density at radius 2 is 1.54 bits per heavy atom. The Kier molecular flexibility index (Phi) is 6.49. The van der Waals surface area contributed by atoms with Crippen LogP contribution in [0.5, 0.6) is 0 Å². The normalized spacial score (nSPS) is 11.3. The zero-order valence-electron chi connectivity index (χ0n) is 15.0. The first kappa shape index (κ1) is 19.2. The van der Waals surface area contributed by atoms with Crippen molar-refractivity contribution < 1.29 is 19.1 Å². The molecule has 0 radical (unpaired) electrons. The number of amides is 2. The van der Waals surface area contributed by atoms with E-state index < -0.39 is 5.97 Å². The summed E-state index contributed by atoms with van der Waals surface area (Å²) < 4.78 is 4.71. The third-order valence-corrected chi connectivity index (χ3v) is 3.98. The van der Waals surface area contributed by atoms with Crippen LogP contribution in [0.4, 0.5) is 5.69 Å². The van der Waals surface area contributed by atoms with E-state index in [2.05, 4.69) is 10.6 Å². The lowest BCUT2D eigenvalue weighted by molar-refractivity contribution is 0.0601. The number of anilines is 1. The van der Waals surface area contributed by atoms with Gasteiger partial charge in [-0.05, 0) is 49.7 Å². The molecule has 26 heavy (non-hydrogen) atoms. The Balaban J connectivity index is 2.12. The quantitative estimate of drug-likeness (QED) is 0.780. The van der Waals surface area contributed by atoms with Crippen LogP contribution in [0, 0.1) is 0 Å². The number of esters is 1. The summed E-state index contributed by atoms with van der Waals surface area (Å²) in [6, 6.07) is 13.0. The van der Waals surface area contributed by atoms with Crippen LogP contribution in [0.3, 0.4) is 0 Å². The van der Waals surface area contributed by atoms with E-state index in [0.717, 1.165) is 6.42 Å². The van der Waals surface area contributed by atoms with Gasteiger partial charge in [-0.3, -0.25) is 9.59 Å². The molecule has 0 bridgehead atoms. The Labute approximate surface area is 152 Å². The van der Waals surface area contributed by atoms with Gasteiger partial charge in [0.1, 0.15) is 0 Å². The smallest absolute Gasteiger partial charge is 0.339 e. The lowest BCUT2D eigenvalue weighted by Gasteiger charge is -2.12. The minimum Gasteiger partial charge on any atom is -0.465 e. The maximum atomic E-state index is 12.4. The average Bonchev–Trinajstić information content (AvgIpc) is 2.67. The zero-order chi connectivity index (χ0) is 19.1. The Morgan fingerprint density at radius 1 is 0.962 bits per heavy atom. The molecule has 0 heterocycles. The van der Waals surface area contributed by atoms with Gasteiger partial charge in [0.2, 0.25) is 0 Å². The van der Waals surface area contributed by atoms with E-state index >= 15 is 0 Å². The second-order valence-corrected chi connectivity index (χ2v) is 5.85. The number of carbonyl (C=O) groups excluding carboxylic acids is 3. The van der Waals surface area contributed by atoms with Crippen molar-refractivity contribution in [3.05, 3.63) is 65.2 Å². The molecule has 0 aromatic heterocycles. The highest BCUT2D eigenvalue weighted by Gasteiger charge is 2.15. The van der Waals surface area contributed by atoms with Gasteiger partial charge < -0.3 is 15.4 Å². The lowest BCUT2D eigenvalue weighted by Crippen LogP contribution is -2.31. The molecular weight excluding hydrogens is 332 g/mol. The fourth-order valence-electron chi connectivity index (χ4n) is 2.26. The Hall–Kier alpha value is -3.15. The molecule has 6 heteroatoms. The van der Waals surface area contributed by atoms with Crippen molar-refractivity contribution in [2.45, 2.75) is 26.3 Å². The highest BCUT2D eigenvalue weighted by Crippen LogP contribution is 2.17. The predicted molar refractivity (Wildman–Crippen MR) is 99.4 cm³/mol. The predicted octanol–water partition coefficient (Wildman–Crippen LogP) is 3.25. The highest BCUT2D eigenvalue weighted by molar-refractivity contribution is 6.08. The van der Waals surface area contributed by atoms with E-state index in [0.29, 0.717) is 16.8 Å². The summed E-state index contributed by atoms with van der Waals surface area (Å²) >= 11 is 0. The molecule has 0 fully saturated rings. The molecule has 0 spiro atoms. The van der Waals surface area contributed by atoms with Crippen molar-refractivity contribution in [2.75, 3.05) is 12.4 Å². The molecule has 2 aromatic rings. The number of ether oxygens (including phenoxy) is 1. The van der Waals surface area contributed by atoms with Crippen molar-refractivity contribution in [3.8, 4) is 0 Å². The number of nitrogens with one attached hydrogen (secondary N) is 2. The second-order valence-electron chi connectivity index (χ2n) is 5.85. The largest absolute Gasteiger partial charge is 0.465 e. The van der Waals surface area contributed by atoms with E-state index in [9.17, 15) is 14.4 Å². The third kappa shape index (κ3) is 4.69. The molecule has 2 aromatic carbocycles. The number of rotatable bonds is 6. The Bertz CT molecular complexity index is 800. The van der Waals surface area contributed by atoms with Gasteiger partial charge >= 0.3 is 5.97 Å². The maximum Gasteiger partial charge on any atom is 0.339 e. The maximum absolute atomic E-state index is 12.4. The summed E-state index contributed by atoms with van der Waals surface area (Å²) in [6.07, 6.45) is 0.839. The second kappa shape index (κ2) is 8.80. The first-order valence-electron chi connectivity index (χ1n) is 8.35. The van der Waals surface area contributed by atoms with Crippen molar-refractivity contribution in [3.63, 3.8) is 0 Å². The average molecular weight is 354 g/mol. The molecule has 136 valence electrons. The summed E-state index contributed by atoms with van der Waals surface area (Å²) in [6.45, 7) is 3.92. The van der Waals surface area contributed by atoms with Gasteiger partial charge in [-0.2, -0.15) is 0 Å². The standard InChI is InChI=1S/C20H22N2O4/c1-4-13(2)21-18(23)14-9-11-15(12-10-14)19(24)22-17-8-6-5-7-16(17)20(25)26-3/h5-13H,4H2,1-3H3,(H,21,23)(H,22,24). The van der Waals surface area contributed by atoms with Crippen molar-refractivity contribution in [1.82, 2.24) is 5.32 Å². The summed E-state index contributed by atoms with van der Waals surface area (Å²) in [5.74, 6) is -1.09. The van der Waals surface area contributed by atoms with Crippen LogP contribution >= 0.6 is 0 Å². The molecular formula is C20H22N2O4. The molecule has 2 rings (SSSR count). The highest BCUT2D eigenvalue weighted by atomic mass is 16.5. The molecule has 1 unspecified atom stereocenters.